The van der Waals surface area contributed by atoms with Gasteiger partial charge in [-0.15, -0.1) is 0 Å². The molecule has 3 aromatic rings. The monoisotopic (exact) mass is 440 g/mol. The van der Waals surface area contributed by atoms with Crippen LogP contribution in [-0.2, 0) is 4.79 Å². The normalized spacial score (nSPS) is 21.1. The molecule has 6 rings (SSSR count). The SMILES string of the molecule is O=C1C2=C3CC(C(=O)c4ccccc4)(CN3)N2C(=O)N1c1ccc([N+](=O)[O-])c2ccccc12. The van der Waals surface area contributed by atoms with Crippen molar-refractivity contribution in [2.75, 3.05) is 11.4 Å². The van der Waals surface area contributed by atoms with Gasteiger partial charge in [0.05, 0.1) is 16.0 Å². The molecule has 1 unspecified atom stereocenters. The van der Waals surface area contributed by atoms with Gasteiger partial charge in [0.25, 0.3) is 11.6 Å². The number of amides is 3. The number of imide groups is 1. The number of anilines is 1. The Kier molecular flexibility index (Phi) is 3.77. The summed E-state index contributed by atoms with van der Waals surface area (Å²) in [5.74, 6) is -0.791. The van der Waals surface area contributed by atoms with E-state index >= 15 is 0 Å². The minimum Gasteiger partial charge on any atom is -0.384 e. The van der Waals surface area contributed by atoms with E-state index in [9.17, 15) is 24.5 Å². The number of nitrogens with one attached hydrogen (secondary N) is 1. The summed E-state index contributed by atoms with van der Waals surface area (Å²) >= 11 is 0. The Morgan fingerprint density at radius 2 is 1.67 bits per heavy atom. The van der Waals surface area contributed by atoms with Gasteiger partial charge in [0, 0.05) is 35.7 Å². The third-order valence-electron chi connectivity index (χ3n) is 6.56. The fraction of sp³-hybridized carbons (Fsp3) is 0.125. The minimum absolute atomic E-state index is 0.117. The summed E-state index contributed by atoms with van der Waals surface area (Å²) in [6.07, 6.45) is 0.252. The molecule has 9 heteroatoms. The zero-order chi connectivity index (χ0) is 22.9. The van der Waals surface area contributed by atoms with E-state index in [1.807, 2.05) is 0 Å². The molecule has 9 nitrogen and oxygen atoms in total. The number of urea groups is 1. The predicted molar refractivity (Wildman–Crippen MR) is 118 cm³/mol. The van der Waals surface area contributed by atoms with Crippen molar-refractivity contribution in [2.24, 2.45) is 0 Å². The topological polar surface area (TPSA) is 113 Å². The lowest BCUT2D eigenvalue weighted by molar-refractivity contribution is -0.383. The van der Waals surface area contributed by atoms with Crippen LogP contribution in [-0.4, -0.2) is 39.6 Å². The zero-order valence-electron chi connectivity index (χ0n) is 17.1. The van der Waals surface area contributed by atoms with Gasteiger partial charge in [-0.2, -0.15) is 0 Å². The largest absolute Gasteiger partial charge is 0.384 e. The molecule has 2 saturated heterocycles. The van der Waals surface area contributed by atoms with Crippen LogP contribution >= 0.6 is 0 Å². The van der Waals surface area contributed by atoms with Crippen molar-refractivity contribution < 1.29 is 19.3 Å². The number of Topliss-reactive ketones (excluding diaryl/α,β-unsaturated/α-hetero) is 1. The highest BCUT2D eigenvalue weighted by Crippen LogP contribution is 2.49. The molecular formula is C24H16N4O5. The van der Waals surface area contributed by atoms with Gasteiger partial charge < -0.3 is 5.32 Å². The second-order valence-corrected chi connectivity index (χ2v) is 8.25. The first-order chi connectivity index (χ1) is 15.9. The lowest BCUT2D eigenvalue weighted by Crippen LogP contribution is -2.56. The van der Waals surface area contributed by atoms with Crippen molar-refractivity contribution in [1.82, 2.24) is 10.2 Å². The third kappa shape index (κ3) is 2.38. The fourth-order valence-corrected chi connectivity index (χ4v) is 5.10. The lowest BCUT2D eigenvalue weighted by Gasteiger charge is -2.34. The first kappa shape index (κ1) is 19.2. The molecule has 0 aromatic heterocycles. The Balaban J connectivity index is 1.49. The highest BCUT2D eigenvalue weighted by Gasteiger charge is 2.64. The van der Waals surface area contributed by atoms with Crippen LogP contribution in [0.3, 0.4) is 0 Å². The summed E-state index contributed by atoms with van der Waals surface area (Å²) in [4.78, 5) is 54.0. The Morgan fingerprint density at radius 3 is 2.39 bits per heavy atom. The number of nitro benzene ring substituents is 1. The van der Waals surface area contributed by atoms with Crippen LogP contribution in [0.5, 0.6) is 0 Å². The van der Waals surface area contributed by atoms with Crippen molar-refractivity contribution in [1.29, 1.82) is 0 Å². The Morgan fingerprint density at radius 1 is 0.970 bits per heavy atom. The maximum atomic E-state index is 13.7. The Hall–Kier alpha value is -4.53. The number of hydrogen-bond donors (Lipinski definition) is 1. The summed E-state index contributed by atoms with van der Waals surface area (Å²) in [6, 6.07) is 17.3. The third-order valence-corrected chi connectivity index (χ3v) is 6.56. The average molecular weight is 440 g/mol. The number of nitrogens with zero attached hydrogens (tertiary/aromatic N) is 3. The molecule has 3 aromatic carbocycles. The summed E-state index contributed by atoms with van der Waals surface area (Å²) < 4.78 is 0. The molecule has 0 saturated carbocycles. The van der Waals surface area contributed by atoms with Crippen LogP contribution in [0.4, 0.5) is 16.2 Å². The second-order valence-electron chi connectivity index (χ2n) is 8.25. The summed E-state index contributed by atoms with van der Waals surface area (Å²) in [6.45, 7) is 0.216. The molecule has 2 fully saturated rings. The predicted octanol–water partition coefficient (Wildman–Crippen LogP) is 3.36. The number of benzene rings is 3. The number of non-ortho nitro benzene ring substituents is 1. The van der Waals surface area contributed by atoms with Crippen LogP contribution < -0.4 is 10.2 Å². The Bertz CT molecular complexity index is 1450. The first-order valence-corrected chi connectivity index (χ1v) is 10.4. The molecule has 0 spiro atoms. The smallest absolute Gasteiger partial charge is 0.337 e. The van der Waals surface area contributed by atoms with E-state index in [1.54, 1.807) is 54.6 Å². The van der Waals surface area contributed by atoms with Crippen molar-refractivity contribution in [3.8, 4) is 0 Å². The Labute approximate surface area is 187 Å². The number of carbonyl (C=O) groups excluding carboxylic acids is 3. The molecule has 3 aliphatic heterocycles. The maximum Gasteiger partial charge on any atom is 0.337 e. The summed E-state index contributed by atoms with van der Waals surface area (Å²) in [5.41, 5.74) is 0.0961. The van der Waals surface area contributed by atoms with Crippen LogP contribution in [0.2, 0.25) is 0 Å². The van der Waals surface area contributed by atoms with Crippen molar-refractivity contribution in [3.05, 3.63) is 93.8 Å². The zero-order valence-corrected chi connectivity index (χ0v) is 17.1. The van der Waals surface area contributed by atoms with E-state index in [0.717, 1.165) is 4.90 Å². The quantitative estimate of drug-likeness (QED) is 0.288. The number of fused-ring (bicyclic) bond motifs is 5. The van der Waals surface area contributed by atoms with Crippen LogP contribution in [0.1, 0.15) is 16.8 Å². The van der Waals surface area contributed by atoms with E-state index in [-0.39, 0.29) is 35.8 Å². The molecular weight excluding hydrogens is 424 g/mol. The molecule has 3 amide bonds. The first-order valence-electron chi connectivity index (χ1n) is 10.4. The number of hydrogen-bond acceptors (Lipinski definition) is 6. The number of carbonyl (C=O) groups is 3. The number of ketones is 1. The highest BCUT2D eigenvalue weighted by atomic mass is 16.6. The van der Waals surface area contributed by atoms with Crippen molar-refractivity contribution in [2.45, 2.75) is 12.0 Å². The maximum absolute atomic E-state index is 13.7. The standard InChI is InChI=1S/C24H16N4O5/c29-21(14-6-2-1-3-7-14)24-12-17(25-13-24)20-22(30)26(23(31)27(20)24)18-10-11-19(28(32)33)16-9-5-4-8-15(16)18/h1-11,25H,12-13H2. The summed E-state index contributed by atoms with van der Waals surface area (Å²) in [5, 5.41) is 15.3. The highest BCUT2D eigenvalue weighted by molar-refractivity contribution is 6.31. The van der Waals surface area contributed by atoms with Crippen LogP contribution in [0, 0.1) is 10.1 Å². The molecule has 3 heterocycles. The van der Waals surface area contributed by atoms with Gasteiger partial charge in [-0.1, -0.05) is 48.5 Å². The van der Waals surface area contributed by atoms with Gasteiger partial charge >= 0.3 is 6.03 Å². The minimum atomic E-state index is -1.22. The molecule has 2 bridgehead atoms. The van der Waals surface area contributed by atoms with Crippen molar-refractivity contribution in [3.63, 3.8) is 0 Å². The average Bonchev–Trinajstić information content (AvgIpc) is 3.49. The van der Waals surface area contributed by atoms with Gasteiger partial charge in [-0.25, -0.2) is 9.69 Å². The van der Waals surface area contributed by atoms with Gasteiger partial charge in [-0.05, 0) is 12.1 Å². The van der Waals surface area contributed by atoms with E-state index in [1.165, 1.54) is 17.0 Å². The van der Waals surface area contributed by atoms with Crippen LogP contribution in [0.25, 0.3) is 10.8 Å². The molecule has 33 heavy (non-hydrogen) atoms. The fourth-order valence-electron chi connectivity index (χ4n) is 5.10. The van der Waals surface area contributed by atoms with Gasteiger partial charge in [-0.3, -0.25) is 24.6 Å². The molecule has 0 aliphatic carbocycles. The number of nitro groups is 1. The van der Waals surface area contributed by atoms with E-state index < -0.39 is 22.4 Å². The number of rotatable bonds is 4. The molecule has 3 aliphatic rings. The molecule has 1 atom stereocenters. The molecule has 162 valence electrons. The van der Waals surface area contributed by atoms with E-state index in [0.29, 0.717) is 22.0 Å². The summed E-state index contributed by atoms with van der Waals surface area (Å²) in [7, 11) is 0. The van der Waals surface area contributed by atoms with Crippen molar-refractivity contribution >= 4 is 39.9 Å². The van der Waals surface area contributed by atoms with E-state index in [4.69, 9.17) is 0 Å². The molecule has 1 N–H and O–H groups in total. The molecule has 0 radical (unpaired) electrons. The second kappa shape index (κ2) is 6.49. The van der Waals surface area contributed by atoms with Gasteiger partial charge in [0.1, 0.15) is 11.2 Å². The lowest BCUT2D eigenvalue weighted by atomic mass is 9.88. The van der Waals surface area contributed by atoms with Crippen LogP contribution in [0.15, 0.2) is 78.1 Å². The van der Waals surface area contributed by atoms with Gasteiger partial charge in [0.2, 0.25) is 0 Å². The van der Waals surface area contributed by atoms with E-state index in [2.05, 4.69) is 5.32 Å². The van der Waals surface area contributed by atoms with Gasteiger partial charge in [0.15, 0.2) is 5.78 Å².